The number of amides is 2. The highest BCUT2D eigenvalue weighted by Crippen LogP contribution is 2.44. The first-order chi connectivity index (χ1) is 8.45. The third-order valence-corrected chi connectivity index (χ3v) is 3.82. The SMILES string of the molecule is CC1(C)CC1NC(=O)c1ccc2c(c1)NC(=O)C2. The van der Waals surface area contributed by atoms with Crippen molar-refractivity contribution in [3.05, 3.63) is 29.3 Å². The van der Waals surface area contributed by atoms with Gasteiger partial charge in [0.15, 0.2) is 0 Å². The predicted octanol–water partition coefficient (Wildman–Crippen LogP) is 1.71. The van der Waals surface area contributed by atoms with E-state index in [0.29, 0.717) is 12.0 Å². The molecule has 0 aromatic heterocycles. The molecule has 0 radical (unpaired) electrons. The van der Waals surface area contributed by atoms with Crippen molar-refractivity contribution < 1.29 is 9.59 Å². The van der Waals surface area contributed by atoms with Gasteiger partial charge in [-0.2, -0.15) is 0 Å². The molecule has 1 atom stereocenters. The van der Waals surface area contributed by atoms with Crippen LogP contribution in [0.25, 0.3) is 0 Å². The summed E-state index contributed by atoms with van der Waals surface area (Å²) in [6.07, 6.45) is 1.44. The smallest absolute Gasteiger partial charge is 0.251 e. The highest BCUT2D eigenvalue weighted by Gasteiger charge is 2.46. The van der Waals surface area contributed by atoms with Crippen molar-refractivity contribution in [1.82, 2.24) is 5.32 Å². The molecule has 1 aromatic rings. The number of fused-ring (bicyclic) bond motifs is 1. The van der Waals surface area contributed by atoms with Gasteiger partial charge < -0.3 is 10.6 Å². The average Bonchev–Trinajstić information content (AvgIpc) is 2.71. The molecule has 3 rings (SSSR count). The van der Waals surface area contributed by atoms with Crippen molar-refractivity contribution in [1.29, 1.82) is 0 Å². The Balaban J connectivity index is 1.75. The fourth-order valence-electron chi connectivity index (χ4n) is 2.31. The quantitative estimate of drug-likeness (QED) is 0.832. The molecule has 1 aliphatic carbocycles. The van der Waals surface area contributed by atoms with Gasteiger partial charge in [-0.05, 0) is 29.5 Å². The summed E-state index contributed by atoms with van der Waals surface area (Å²) >= 11 is 0. The number of carbonyl (C=O) groups is 2. The molecule has 94 valence electrons. The van der Waals surface area contributed by atoms with Crippen LogP contribution >= 0.6 is 0 Å². The first kappa shape index (κ1) is 11.3. The minimum absolute atomic E-state index is 0.00844. The van der Waals surface area contributed by atoms with Crippen LogP contribution in [0.1, 0.15) is 36.2 Å². The van der Waals surface area contributed by atoms with E-state index in [-0.39, 0.29) is 23.3 Å². The number of benzene rings is 1. The molecule has 2 aliphatic rings. The number of hydrogen-bond donors (Lipinski definition) is 2. The van der Waals surface area contributed by atoms with Gasteiger partial charge in [0.1, 0.15) is 0 Å². The first-order valence-corrected chi connectivity index (χ1v) is 6.19. The van der Waals surface area contributed by atoms with Crippen LogP contribution in [-0.4, -0.2) is 17.9 Å². The highest BCUT2D eigenvalue weighted by molar-refractivity contribution is 6.02. The summed E-state index contributed by atoms with van der Waals surface area (Å²) in [6.45, 7) is 4.28. The number of nitrogens with one attached hydrogen (secondary N) is 2. The molecular weight excluding hydrogens is 228 g/mol. The second kappa shape index (κ2) is 3.57. The van der Waals surface area contributed by atoms with Gasteiger partial charge in [0.2, 0.25) is 5.91 Å². The molecule has 1 unspecified atom stereocenters. The zero-order valence-corrected chi connectivity index (χ0v) is 10.5. The highest BCUT2D eigenvalue weighted by atomic mass is 16.2. The summed E-state index contributed by atoms with van der Waals surface area (Å²) in [5.41, 5.74) is 2.56. The van der Waals surface area contributed by atoms with Gasteiger partial charge in [0.25, 0.3) is 5.91 Å². The lowest BCUT2D eigenvalue weighted by Crippen LogP contribution is -2.28. The van der Waals surface area contributed by atoms with Crippen LogP contribution in [0.4, 0.5) is 5.69 Å². The number of rotatable bonds is 2. The fraction of sp³-hybridized carbons (Fsp3) is 0.429. The normalized spacial score (nSPS) is 23.2. The Labute approximate surface area is 106 Å². The maximum Gasteiger partial charge on any atom is 0.251 e. The maximum atomic E-state index is 12.0. The Hall–Kier alpha value is -1.84. The Morgan fingerprint density at radius 1 is 1.44 bits per heavy atom. The van der Waals surface area contributed by atoms with Gasteiger partial charge in [-0.15, -0.1) is 0 Å². The summed E-state index contributed by atoms with van der Waals surface area (Å²) in [4.78, 5) is 23.3. The van der Waals surface area contributed by atoms with E-state index in [9.17, 15) is 9.59 Å². The summed E-state index contributed by atoms with van der Waals surface area (Å²) in [5, 5.41) is 5.77. The van der Waals surface area contributed by atoms with Crippen LogP contribution in [0.2, 0.25) is 0 Å². The number of hydrogen-bond acceptors (Lipinski definition) is 2. The number of carbonyl (C=O) groups excluding carboxylic acids is 2. The average molecular weight is 244 g/mol. The standard InChI is InChI=1S/C14H16N2O2/c1-14(2)7-11(14)16-13(18)9-4-3-8-6-12(17)15-10(8)5-9/h3-5,11H,6-7H2,1-2H3,(H,15,17)(H,16,18). The maximum absolute atomic E-state index is 12.0. The molecule has 0 saturated heterocycles. The molecule has 1 fully saturated rings. The molecule has 1 aliphatic heterocycles. The Morgan fingerprint density at radius 3 is 2.83 bits per heavy atom. The lowest BCUT2D eigenvalue weighted by atomic mass is 10.1. The Kier molecular flexibility index (Phi) is 2.24. The topological polar surface area (TPSA) is 58.2 Å². The van der Waals surface area contributed by atoms with Crippen LogP contribution in [-0.2, 0) is 11.2 Å². The van der Waals surface area contributed by atoms with E-state index in [1.54, 1.807) is 12.1 Å². The molecule has 18 heavy (non-hydrogen) atoms. The van der Waals surface area contributed by atoms with Crippen molar-refractivity contribution in [2.45, 2.75) is 32.7 Å². The molecule has 1 heterocycles. The van der Waals surface area contributed by atoms with E-state index >= 15 is 0 Å². The third kappa shape index (κ3) is 1.88. The monoisotopic (exact) mass is 244 g/mol. The van der Waals surface area contributed by atoms with Crippen molar-refractivity contribution in [3.8, 4) is 0 Å². The molecule has 4 nitrogen and oxygen atoms in total. The predicted molar refractivity (Wildman–Crippen MR) is 68.4 cm³/mol. The molecular formula is C14H16N2O2. The molecule has 1 aromatic carbocycles. The van der Waals surface area contributed by atoms with Gasteiger partial charge in [-0.3, -0.25) is 9.59 Å². The van der Waals surface area contributed by atoms with Gasteiger partial charge in [-0.25, -0.2) is 0 Å². The van der Waals surface area contributed by atoms with Crippen LogP contribution < -0.4 is 10.6 Å². The van der Waals surface area contributed by atoms with Gasteiger partial charge >= 0.3 is 0 Å². The Bertz CT molecular complexity index is 549. The van der Waals surface area contributed by atoms with Crippen molar-refractivity contribution in [3.63, 3.8) is 0 Å². The fourth-order valence-corrected chi connectivity index (χ4v) is 2.31. The minimum Gasteiger partial charge on any atom is -0.349 e. The second-order valence-corrected chi connectivity index (χ2v) is 5.82. The lowest BCUT2D eigenvalue weighted by Gasteiger charge is -2.08. The summed E-state index contributed by atoms with van der Waals surface area (Å²) in [6, 6.07) is 5.66. The van der Waals surface area contributed by atoms with E-state index in [0.717, 1.165) is 17.7 Å². The van der Waals surface area contributed by atoms with E-state index in [2.05, 4.69) is 24.5 Å². The first-order valence-electron chi connectivity index (χ1n) is 6.19. The van der Waals surface area contributed by atoms with Crippen molar-refractivity contribution >= 4 is 17.5 Å². The van der Waals surface area contributed by atoms with Gasteiger partial charge in [0.05, 0.1) is 6.42 Å². The van der Waals surface area contributed by atoms with Gasteiger partial charge in [-0.1, -0.05) is 19.9 Å². The Morgan fingerprint density at radius 2 is 2.17 bits per heavy atom. The molecule has 2 N–H and O–H groups in total. The van der Waals surface area contributed by atoms with E-state index in [1.807, 2.05) is 6.07 Å². The van der Waals surface area contributed by atoms with E-state index in [1.165, 1.54) is 0 Å². The zero-order valence-electron chi connectivity index (χ0n) is 10.5. The van der Waals surface area contributed by atoms with Crippen LogP contribution in [0.3, 0.4) is 0 Å². The molecule has 2 amide bonds. The van der Waals surface area contributed by atoms with Crippen LogP contribution in [0.5, 0.6) is 0 Å². The molecule has 4 heteroatoms. The zero-order chi connectivity index (χ0) is 12.9. The molecule has 0 spiro atoms. The van der Waals surface area contributed by atoms with Crippen molar-refractivity contribution in [2.75, 3.05) is 5.32 Å². The third-order valence-electron chi connectivity index (χ3n) is 3.82. The molecule has 0 bridgehead atoms. The van der Waals surface area contributed by atoms with Crippen LogP contribution in [0.15, 0.2) is 18.2 Å². The van der Waals surface area contributed by atoms with E-state index < -0.39 is 0 Å². The minimum atomic E-state index is -0.0606. The largest absolute Gasteiger partial charge is 0.349 e. The van der Waals surface area contributed by atoms with Gasteiger partial charge in [0, 0.05) is 17.3 Å². The van der Waals surface area contributed by atoms with Crippen molar-refractivity contribution in [2.24, 2.45) is 5.41 Å². The lowest BCUT2D eigenvalue weighted by molar-refractivity contribution is -0.115. The second-order valence-electron chi connectivity index (χ2n) is 5.82. The van der Waals surface area contributed by atoms with E-state index in [4.69, 9.17) is 0 Å². The van der Waals surface area contributed by atoms with Crippen LogP contribution in [0, 0.1) is 5.41 Å². The number of anilines is 1. The molecule has 1 saturated carbocycles. The summed E-state index contributed by atoms with van der Waals surface area (Å²) in [5.74, 6) is -0.0691. The summed E-state index contributed by atoms with van der Waals surface area (Å²) < 4.78 is 0. The summed E-state index contributed by atoms with van der Waals surface area (Å²) in [7, 11) is 0.